The number of aromatic amines is 1. The van der Waals surface area contributed by atoms with E-state index in [4.69, 9.17) is 9.57 Å². The molecule has 0 fully saturated rings. The number of rotatable bonds is 4. The van der Waals surface area contributed by atoms with Crippen LogP contribution in [0.5, 0.6) is 5.75 Å². The summed E-state index contributed by atoms with van der Waals surface area (Å²) in [5, 5.41) is 4.74. The van der Waals surface area contributed by atoms with Crippen LogP contribution in [0.3, 0.4) is 0 Å². The van der Waals surface area contributed by atoms with Gasteiger partial charge in [0.05, 0.1) is 29.6 Å². The van der Waals surface area contributed by atoms with Crippen molar-refractivity contribution in [3.05, 3.63) is 75.1 Å². The van der Waals surface area contributed by atoms with Crippen LogP contribution in [0.15, 0.2) is 63.3 Å². The van der Waals surface area contributed by atoms with Gasteiger partial charge in [0.2, 0.25) is 0 Å². The maximum absolute atomic E-state index is 13.4. The van der Waals surface area contributed by atoms with Crippen LogP contribution in [0, 0.1) is 0 Å². The average molecular weight is 378 g/mol. The Morgan fingerprint density at radius 3 is 2.50 bits per heavy atom. The third-order valence-corrected chi connectivity index (χ3v) is 4.59. The smallest absolute Gasteiger partial charge is 0.343 e. The predicted molar refractivity (Wildman–Crippen MR) is 107 cm³/mol. The molecule has 0 atom stereocenters. The molecule has 0 amide bonds. The minimum atomic E-state index is -0.537. The molecule has 8 nitrogen and oxygen atoms in total. The summed E-state index contributed by atoms with van der Waals surface area (Å²) in [7, 11) is 3.00. The molecule has 0 bridgehead atoms. The number of hydrogen-bond donors (Lipinski definition) is 1. The molecule has 0 aliphatic heterocycles. The lowest BCUT2D eigenvalue weighted by Gasteiger charge is -2.06. The minimum Gasteiger partial charge on any atom is -0.497 e. The summed E-state index contributed by atoms with van der Waals surface area (Å²) in [5.41, 5.74) is 1.56. The van der Waals surface area contributed by atoms with E-state index in [1.807, 2.05) is 12.1 Å². The number of hydrogen-bond acceptors (Lipinski definition) is 5. The van der Waals surface area contributed by atoms with Gasteiger partial charge in [-0.25, -0.2) is 18.6 Å². The third-order valence-electron chi connectivity index (χ3n) is 4.59. The quantitative estimate of drug-likeness (QED) is 0.436. The Morgan fingerprint density at radius 2 is 1.82 bits per heavy atom. The number of benzene rings is 2. The third kappa shape index (κ3) is 2.58. The van der Waals surface area contributed by atoms with Crippen molar-refractivity contribution in [2.24, 2.45) is 5.16 Å². The van der Waals surface area contributed by atoms with Gasteiger partial charge in [-0.1, -0.05) is 23.4 Å². The Bertz CT molecular complexity index is 1330. The second kappa shape index (κ2) is 6.73. The van der Waals surface area contributed by atoms with E-state index < -0.39 is 11.4 Å². The topological polar surface area (TPSA) is 90.1 Å². The summed E-state index contributed by atoms with van der Waals surface area (Å²) in [5.74, 6) is 0.594. The molecular weight excluding hydrogens is 360 g/mol. The summed E-state index contributed by atoms with van der Waals surface area (Å²) in [6.45, 7) is 1.75. The summed E-state index contributed by atoms with van der Waals surface area (Å²) < 4.78 is 7.87. The Balaban J connectivity index is 2.22. The molecule has 2 aromatic heterocycles. The highest BCUT2D eigenvalue weighted by molar-refractivity contribution is 6.15. The first kappa shape index (κ1) is 17.6. The largest absolute Gasteiger partial charge is 0.497 e. The molecule has 0 spiro atoms. The van der Waals surface area contributed by atoms with Crippen LogP contribution >= 0.6 is 0 Å². The fourth-order valence-electron chi connectivity index (χ4n) is 3.41. The van der Waals surface area contributed by atoms with Crippen molar-refractivity contribution in [2.45, 2.75) is 6.92 Å². The number of oxime groups is 1. The fourth-order valence-corrected chi connectivity index (χ4v) is 3.41. The lowest BCUT2D eigenvalue weighted by atomic mass is 10.1. The summed E-state index contributed by atoms with van der Waals surface area (Å²) in [4.78, 5) is 33.9. The second-order valence-corrected chi connectivity index (χ2v) is 6.19. The van der Waals surface area contributed by atoms with E-state index in [0.717, 1.165) is 9.95 Å². The van der Waals surface area contributed by atoms with Crippen LogP contribution in [0.4, 0.5) is 0 Å². The molecule has 4 rings (SSSR count). The number of nitrogens with zero attached hydrogens (tertiary/aromatic N) is 3. The molecule has 0 radical (unpaired) electrons. The number of H-pyrrole nitrogens is 1. The Morgan fingerprint density at radius 1 is 1.07 bits per heavy atom. The normalized spacial score (nSPS) is 11.9. The molecule has 0 unspecified atom stereocenters. The van der Waals surface area contributed by atoms with Crippen molar-refractivity contribution in [2.75, 3.05) is 14.2 Å². The highest BCUT2D eigenvalue weighted by atomic mass is 16.6. The number of aromatic nitrogens is 3. The van der Waals surface area contributed by atoms with E-state index in [2.05, 4.69) is 10.1 Å². The Hall–Kier alpha value is -3.81. The van der Waals surface area contributed by atoms with Crippen molar-refractivity contribution in [1.29, 1.82) is 0 Å². The first-order chi connectivity index (χ1) is 13.6. The standard InChI is InChI=1S/C20H18N4O4/c1-12(22-28-3)17-15-10-9-14(27-2)11-16(15)24-18(17)21-19(25)23(20(24)26)13-7-5-4-6-8-13/h4-11H,1-3H3,(H,21,25)/b22-12+. The lowest BCUT2D eigenvalue weighted by Crippen LogP contribution is -2.37. The molecule has 2 heterocycles. The van der Waals surface area contributed by atoms with Gasteiger partial charge in [0.25, 0.3) is 0 Å². The second-order valence-electron chi connectivity index (χ2n) is 6.19. The fraction of sp³-hybridized carbons (Fsp3) is 0.150. The molecule has 0 saturated heterocycles. The van der Waals surface area contributed by atoms with E-state index >= 15 is 0 Å². The number of fused-ring (bicyclic) bond motifs is 3. The Labute approximate surface area is 159 Å². The van der Waals surface area contributed by atoms with Gasteiger partial charge in [-0.3, -0.25) is 4.98 Å². The zero-order valence-corrected chi connectivity index (χ0v) is 15.6. The SMILES string of the molecule is CO/N=C(\C)c1c2ccc(OC)cc2n2c(=O)n(-c3ccccc3)c(=O)[nH]c12. The monoisotopic (exact) mass is 378 g/mol. The van der Waals surface area contributed by atoms with E-state index in [-0.39, 0.29) is 0 Å². The molecule has 0 aliphatic rings. The van der Waals surface area contributed by atoms with Gasteiger partial charge in [-0.15, -0.1) is 0 Å². The molecule has 8 heteroatoms. The molecular formula is C20H18N4O4. The van der Waals surface area contributed by atoms with E-state index in [9.17, 15) is 9.59 Å². The molecule has 2 aromatic carbocycles. The number of methoxy groups -OCH3 is 1. The van der Waals surface area contributed by atoms with E-state index in [1.54, 1.807) is 50.4 Å². The number of para-hydroxylation sites is 1. The van der Waals surface area contributed by atoms with Gasteiger partial charge in [-0.2, -0.15) is 0 Å². The van der Waals surface area contributed by atoms with Crippen LogP contribution in [0.25, 0.3) is 22.2 Å². The van der Waals surface area contributed by atoms with Crippen molar-refractivity contribution in [3.8, 4) is 11.4 Å². The van der Waals surface area contributed by atoms with Gasteiger partial charge in [0.15, 0.2) is 0 Å². The minimum absolute atomic E-state index is 0.351. The maximum Gasteiger partial charge on any atom is 0.343 e. The van der Waals surface area contributed by atoms with Crippen LogP contribution in [0.2, 0.25) is 0 Å². The van der Waals surface area contributed by atoms with Crippen LogP contribution < -0.4 is 16.1 Å². The van der Waals surface area contributed by atoms with Crippen molar-refractivity contribution in [3.63, 3.8) is 0 Å². The van der Waals surface area contributed by atoms with Gasteiger partial charge in [0, 0.05) is 11.5 Å². The van der Waals surface area contributed by atoms with Crippen molar-refractivity contribution < 1.29 is 9.57 Å². The Kier molecular flexibility index (Phi) is 4.23. The maximum atomic E-state index is 13.4. The lowest BCUT2D eigenvalue weighted by molar-refractivity contribution is 0.213. The van der Waals surface area contributed by atoms with Gasteiger partial charge < -0.3 is 9.57 Å². The zero-order valence-electron chi connectivity index (χ0n) is 15.6. The van der Waals surface area contributed by atoms with Gasteiger partial charge >= 0.3 is 11.4 Å². The molecule has 4 aromatic rings. The molecule has 0 saturated carbocycles. The highest BCUT2D eigenvalue weighted by Crippen LogP contribution is 2.28. The first-order valence-electron chi connectivity index (χ1n) is 8.58. The van der Waals surface area contributed by atoms with Gasteiger partial charge in [-0.05, 0) is 31.2 Å². The summed E-state index contributed by atoms with van der Waals surface area (Å²) in [6, 6.07) is 14.1. The zero-order chi connectivity index (χ0) is 19.8. The highest BCUT2D eigenvalue weighted by Gasteiger charge is 2.20. The molecule has 142 valence electrons. The number of ether oxygens (including phenoxy) is 1. The van der Waals surface area contributed by atoms with Crippen molar-refractivity contribution >= 4 is 22.3 Å². The summed E-state index contributed by atoms with van der Waals surface area (Å²) >= 11 is 0. The molecule has 0 aliphatic carbocycles. The first-order valence-corrected chi connectivity index (χ1v) is 8.58. The van der Waals surface area contributed by atoms with Crippen molar-refractivity contribution in [1.82, 2.24) is 14.0 Å². The van der Waals surface area contributed by atoms with Crippen LogP contribution in [0.1, 0.15) is 12.5 Å². The summed E-state index contributed by atoms with van der Waals surface area (Å²) in [6.07, 6.45) is 0. The van der Waals surface area contributed by atoms with E-state index in [1.165, 1.54) is 11.5 Å². The molecule has 28 heavy (non-hydrogen) atoms. The van der Waals surface area contributed by atoms with Gasteiger partial charge in [0.1, 0.15) is 18.5 Å². The van der Waals surface area contributed by atoms with E-state index in [0.29, 0.717) is 33.9 Å². The predicted octanol–water partition coefficient (Wildman–Crippen LogP) is 2.31. The van der Waals surface area contributed by atoms with Crippen LogP contribution in [-0.2, 0) is 4.84 Å². The molecule has 1 N–H and O–H groups in total. The van der Waals surface area contributed by atoms with Crippen LogP contribution in [-0.4, -0.2) is 33.9 Å². The number of nitrogens with one attached hydrogen (secondary N) is 1. The average Bonchev–Trinajstić information content (AvgIpc) is 3.02.